The molecule has 4 heteroatoms. The fourth-order valence-corrected chi connectivity index (χ4v) is 3.81. The van der Waals surface area contributed by atoms with Gasteiger partial charge >= 0.3 is 0 Å². The summed E-state index contributed by atoms with van der Waals surface area (Å²) in [4.78, 5) is 13.7. The van der Waals surface area contributed by atoms with Gasteiger partial charge in [0.15, 0.2) is 11.6 Å². The van der Waals surface area contributed by atoms with Gasteiger partial charge in [0.1, 0.15) is 6.17 Å². The van der Waals surface area contributed by atoms with Crippen molar-refractivity contribution in [2.24, 2.45) is 5.92 Å². The van der Waals surface area contributed by atoms with E-state index in [4.69, 9.17) is 0 Å². The molecule has 0 amide bonds. The second-order valence-electron chi connectivity index (χ2n) is 5.78. The number of hydrogen-bond acceptors (Lipinski definition) is 4. The summed E-state index contributed by atoms with van der Waals surface area (Å²) in [5, 5.41) is 0. The first-order valence-corrected chi connectivity index (χ1v) is 7.28. The second-order valence-corrected chi connectivity index (χ2v) is 5.78. The number of rotatable bonds is 1. The Kier molecular flexibility index (Phi) is 2.55. The lowest BCUT2D eigenvalue weighted by Crippen LogP contribution is -2.48. The van der Waals surface area contributed by atoms with Gasteiger partial charge in [0.2, 0.25) is 0 Å². The molecule has 0 saturated carbocycles. The van der Waals surface area contributed by atoms with Gasteiger partial charge in [0, 0.05) is 37.0 Å². The highest BCUT2D eigenvalue weighted by Gasteiger charge is 2.46. The van der Waals surface area contributed by atoms with Crippen molar-refractivity contribution in [2.75, 3.05) is 16.8 Å². The van der Waals surface area contributed by atoms with E-state index in [9.17, 15) is 0 Å². The number of anilines is 3. The fourth-order valence-electron chi connectivity index (χ4n) is 3.81. The zero-order valence-electron chi connectivity index (χ0n) is 12.3. The lowest BCUT2D eigenvalue weighted by molar-refractivity contribution is 0.401. The molecule has 2 aliphatic heterocycles. The van der Waals surface area contributed by atoms with Crippen LogP contribution in [-0.2, 0) is 0 Å². The van der Waals surface area contributed by atoms with Crippen LogP contribution < -0.4 is 9.80 Å². The van der Waals surface area contributed by atoms with Gasteiger partial charge in [-0.3, -0.25) is 0 Å². The van der Waals surface area contributed by atoms with Crippen molar-refractivity contribution in [3.05, 3.63) is 54.9 Å². The monoisotopic (exact) mass is 278 g/mol. The van der Waals surface area contributed by atoms with Crippen molar-refractivity contribution < 1.29 is 0 Å². The van der Waals surface area contributed by atoms with Gasteiger partial charge in [0.05, 0.1) is 0 Å². The van der Waals surface area contributed by atoms with Crippen molar-refractivity contribution in [1.82, 2.24) is 9.97 Å². The van der Waals surface area contributed by atoms with E-state index in [0.717, 1.165) is 11.6 Å². The Morgan fingerprint density at radius 2 is 1.86 bits per heavy atom. The van der Waals surface area contributed by atoms with Gasteiger partial charge in [-0.05, 0) is 11.6 Å². The number of allylic oxidation sites excluding steroid dienone is 1. The van der Waals surface area contributed by atoms with Crippen LogP contribution in [0.25, 0.3) is 0 Å². The molecule has 0 fully saturated rings. The lowest BCUT2D eigenvalue weighted by atomic mass is 9.80. The Morgan fingerprint density at radius 1 is 1.14 bits per heavy atom. The molecule has 0 saturated heterocycles. The van der Waals surface area contributed by atoms with Crippen LogP contribution in [0.4, 0.5) is 17.3 Å². The number of nitrogens with zero attached hydrogens (tertiary/aromatic N) is 4. The zero-order chi connectivity index (χ0) is 14.6. The van der Waals surface area contributed by atoms with Gasteiger partial charge in [-0.1, -0.05) is 31.2 Å². The third-order valence-corrected chi connectivity index (χ3v) is 4.73. The van der Waals surface area contributed by atoms with Crippen LogP contribution in [-0.4, -0.2) is 23.2 Å². The van der Waals surface area contributed by atoms with Crippen molar-refractivity contribution in [2.45, 2.75) is 19.0 Å². The summed E-state index contributed by atoms with van der Waals surface area (Å²) in [6.07, 6.45) is 5.83. The molecule has 3 atom stereocenters. The third-order valence-electron chi connectivity index (χ3n) is 4.73. The number of para-hydroxylation sites is 1. The predicted molar refractivity (Wildman–Crippen MR) is 84.9 cm³/mol. The molecule has 1 aromatic heterocycles. The Bertz CT molecular complexity index is 711. The summed E-state index contributed by atoms with van der Waals surface area (Å²) in [5.41, 5.74) is 2.54. The van der Waals surface area contributed by atoms with E-state index >= 15 is 0 Å². The SMILES string of the molecule is C=CC1c2ccccc2N2c3nccnc3N(C)C2C1C. The van der Waals surface area contributed by atoms with Gasteiger partial charge < -0.3 is 9.80 Å². The van der Waals surface area contributed by atoms with Crippen LogP contribution in [0.15, 0.2) is 49.3 Å². The molecule has 1 aromatic carbocycles. The first-order valence-electron chi connectivity index (χ1n) is 7.28. The standard InChI is InChI=1S/C17H18N4/c1-4-12-11(2)17-20(3)15-16(19-10-9-18-15)21(17)14-8-6-5-7-13(12)14/h4-12,17H,1H2,2-3H3. The van der Waals surface area contributed by atoms with Crippen LogP contribution in [0, 0.1) is 5.92 Å². The molecule has 2 aliphatic rings. The number of aromatic nitrogens is 2. The van der Waals surface area contributed by atoms with Crippen LogP contribution in [0.3, 0.4) is 0 Å². The smallest absolute Gasteiger partial charge is 0.178 e. The molecular weight excluding hydrogens is 260 g/mol. The van der Waals surface area contributed by atoms with Gasteiger partial charge in [-0.25, -0.2) is 9.97 Å². The molecule has 0 radical (unpaired) electrons. The Balaban J connectivity index is 1.98. The van der Waals surface area contributed by atoms with Crippen LogP contribution in [0.1, 0.15) is 18.4 Å². The largest absolute Gasteiger partial charge is 0.335 e. The average Bonchev–Trinajstić information content (AvgIpc) is 2.82. The van der Waals surface area contributed by atoms with Crippen molar-refractivity contribution >= 4 is 17.3 Å². The van der Waals surface area contributed by atoms with E-state index < -0.39 is 0 Å². The van der Waals surface area contributed by atoms with Crippen molar-refractivity contribution in [1.29, 1.82) is 0 Å². The lowest BCUT2D eigenvalue weighted by Gasteiger charge is -2.43. The van der Waals surface area contributed by atoms with E-state index in [-0.39, 0.29) is 6.17 Å². The van der Waals surface area contributed by atoms with Gasteiger partial charge in [-0.15, -0.1) is 6.58 Å². The Labute approximate surface area is 124 Å². The molecule has 0 spiro atoms. The molecule has 106 valence electrons. The summed E-state index contributed by atoms with van der Waals surface area (Å²) in [6, 6.07) is 8.55. The summed E-state index contributed by atoms with van der Waals surface area (Å²) in [6.45, 7) is 6.33. The third kappa shape index (κ3) is 1.50. The molecule has 0 N–H and O–H groups in total. The summed E-state index contributed by atoms with van der Waals surface area (Å²) in [5.74, 6) is 2.67. The van der Waals surface area contributed by atoms with E-state index in [1.54, 1.807) is 12.4 Å². The van der Waals surface area contributed by atoms with Crippen LogP contribution in [0.5, 0.6) is 0 Å². The maximum absolute atomic E-state index is 4.57. The molecular formula is C17H18N4. The molecule has 3 unspecified atom stereocenters. The molecule has 0 aliphatic carbocycles. The number of fused-ring (bicyclic) bond motifs is 5. The van der Waals surface area contributed by atoms with E-state index in [2.05, 4.69) is 70.7 Å². The summed E-state index contributed by atoms with van der Waals surface area (Å²) >= 11 is 0. The Morgan fingerprint density at radius 3 is 2.62 bits per heavy atom. The van der Waals surface area contributed by atoms with Gasteiger partial charge in [0.25, 0.3) is 0 Å². The number of benzene rings is 1. The molecule has 4 rings (SSSR count). The summed E-state index contributed by atoms with van der Waals surface area (Å²) < 4.78 is 0. The normalized spacial score (nSPS) is 26.1. The zero-order valence-corrected chi connectivity index (χ0v) is 12.3. The van der Waals surface area contributed by atoms with Gasteiger partial charge in [-0.2, -0.15) is 0 Å². The minimum Gasteiger partial charge on any atom is -0.335 e. The molecule has 2 aromatic rings. The predicted octanol–water partition coefficient (Wildman–Crippen LogP) is 3.31. The molecule has 21 heavy (non-hydrogen) atoms. The quantitative estimate of drug-likeness (QED) is 0.749. The topological polar surface area (TPSA) is 32.3 Å². The highest BCUT2D eigenvalue weighted by molar-refractivity contribution is 5.81. The van der Waals surface area contributed by atoms with E-state index in [1.165, 1.54) is 11.3 Å². The average molecular weight is 278 g/mol. The van der Waals surface area contributed by atoms with Crippen LogP contribution in [0.2, 0.25) is 0 Å². The Hall–Kier alpha value is -2.36. The molecule has 4 nitrogen and oxygen atoms in total. The number of hydrogen-bond donors (Lipinski definition) is 0. The first kappa shape index (κ1) is 12.4. The van der Waals surface area contributed by atoms with E-state index in [1.807, 2.05) is 0 Å². The molecule has 0 bridgehead atoms. The van der Waals surface area contributed by atoms with Crippen LogP contribution >= 0.6 is 0 Å². The molecule has 3 heterocycles. The first-order chi connectivity index (χ1) is 10.2. The van der Waals surface area contributed by atoms with Crippen molar-refractivity contribution in [3.63, 3.8) is 0 Å². The second kappa shape index (κ2) is 4.32. The minimum absolute atomic E-state index is 0.236. The highest BCUT2D eigenvalue weighted by Crippen LogP contribution is 2.51. The maximum atomic E-state index is 4.57. The highest BCUT2D eigenvalue weighted by atomic mass is 15.5. The van der Waals surface area contributed by atoms with Crippen molar-refractivity contribution in [3.8, 4) is 0 Å². The maximum Gasteiger partial charge on any atom is 0.178 e. The fraction of sp³-hybridized carbons (Fsp3) is 0.294. The van der Waals surface area contributed by atoms with E-state index in [0.29, 0.717) is 11.8 Å². The minimum atomic E-state index is 0.236. The summed E-state index contributed by atoms with van der Waals surface area (Å²) in [7, 11) is 2.10.